The van der Waals surface area contributed by atoms with E-state index >= 15 is 0 Å². The smallest absolute Gasteiger partial charge is 0.269 e. The summed E-state index contributed by atoms with van der Waals surface area (Å²) in [5.41, 5.74) is 8.32. The van der Waals surface area contributed by atoms with Gasteiger partial charge in [-0.15, -0.1) is 0 Å². The molecule has 162 valence electrons. The van der Waals surface area contributed by atoms with Crippen molar-refractivity contribution < 1.29 is 4.79 Å². The van der Waals surface area contributed by atoms with Crippen LogP contribution in [-0.2, 0) is 5.41 Å². The minimum Gasteiger partial charge on any atom is -0.360 e. The summed E-state index contributed by atoms with van der Waals surface area (Å²) < 4.78 is 0. The molecule has 0 radical (unpaired) electrons. The van der Waals surface area contributed by atoms with E-state index in [2.05, 4.69) is 76.4 Å². The molecule has 1 aliphatic carbocycles. The number of hydrogen-bond acceptors (Lipinski definition) is 3. The lowest BCUT2D eigenvalue weighted by molar-refractivity contribution is 0.0923. The molecule has 33 heavy (non-hydrogen) atoms. The molecule has 3 aliphatic rings. The summed E-state index contributed by atoms with van der Waals surface area (Å²) in [6.45, 7) is 0. The molecule has 0 aromatic heterocycles. The number of carbonyl (C=O) groups is 1. The van der Waals surface area contributed by atoms with Crippen molar-refractivity contribution in [3.63, 3.8) is 0 Å². The van der Waals surface area contributed by atoms with Gasteiger partial charge in [0.05, 0.1) is 11.1 Å². The summed E-state index contributed by atoms with van der Waals surface area (Å²) >= 11 is 0. The summed E-state index contributed by atoms with van der Waals surface area (Å²) in [5, 5.41) is 8.62. The van der Waals surface area contributed by atoms with Gasteiger partial charge in [0.15, 0.2) is 0 Å². The van der Waals surface area contributed by atoms with Crippen LogP contribution < -0.4 is 15.8 Å². The van der Waals surface area contributed by atoms with E-state index in [-0.39, 0.29) is 11.3 Å². The lowest BCUT2D eigenvalue weighted by atomic mass is 9.61. The first-order valence-electron chi connectivity index (χ1n) is 11.8. The zero-order valence-electron chi connectivity index (χ0n) is 18.3. The van der Waals surface area contributed by atoms with Crippen LogP contribution >= 0.6 is 0 Å². The molecule has 1 saturated carbocycles. The minimum atomic E-state index is -0.425. The maximum atomic E-state index is 13.4. The second-order valence-electron chi connectivity index (χ2n) is 9.47. The second-order valence-corrected chi connectivity index (χ2v) is 9.47. The third kappa shape index (κ3) is 2.28. The zero-order valence-corrected chi connectivity index (χ0v) is 18.3. The molecule has 7 rings (SSSR count). The van der Waals surface area contributed by atoms with Gasteiger partial charge < -0.3 is 5.32 Å². The number of para-hydroxylation sites is 1. The molecule has 1 amide bonds. The average molecular weight is 432 g/mol. The van der Waals surface area contributed by atoms with Gasteiger partial charge in [-0.3, -0.25) is 15.2 Å². The van der Waals surface area contributed by atoms with E-state index in [1.807, 2.05) is 30.3 Å². The van der Waals surface area contributed by atoms with Crippen LogP contribution in [0.4, 0.5) is 11.4 Å². The summed E-state index contributed by atoms with van der Waals surface area (Å²) in [4.78, 5) is 13.4. The summed E-state index contributed by atoms with van der Waals surface area (Å²) in [5.74, 6) is -0.0804. The predicted octanol–water partition coefficient (Wildman–Crippen LogP) is 5.99. The topological polar surface area (TPSA) is 44.4 Å². The van der Waals surface area contributed by atoms with Crippen molar-refractivity contribution in [2.75, 3.05) is 10.3 Å². The molecule has 4 aromatic carbocycles. The number of amides is 1. The van der Waals surface area contributed by atoms with E-state index in [4.69, 9.17) is 0 Å². The van der Waals surface area contributed by atoms with Crippen LogP contribution in [0, 0.1) is 0 Å². The van der Waals surface area contributed by atoms with E-state index in [0.29, 0.717) is 5.56 Å². The first kappa shape index (κ1) is 18.8. The predicted molar refractivity (Wildman–Crippen MR) is 132 cm³/mol. The number of anilines is 2. The maximum Gasteiger partial charge on any atom is 0.269 e. The highest BCUT2D eigenvalue weighted by Gasteiger charge is 2.68. The molecule has 2 N–H and O–H groups in total. The van der Waals surface area contributed by atoms with Crippen LogP contribution in [0.3, 0.4) is 0 Å². The number of hydrazine groups is 1. The summed E-state index contributed by atoms with van der Waals surface area (Å²) in [7, 11) is 0. The van der Waals surface area contributed by atoms with Crippen LogP contribution in [0.1, 0.15) is 47.2 Å². The van der Waals surface area contributed by atoms with Crippen molar-refractivity contribution in [3.05, 3.63) is 108 Å². The SMILES string of the molecule is O=C(NN1c2ccc3ccccc3c2[C@@]23CCCC[C@@]12Nc1ccccc13)c1ccccc1. The Bertz CT molecular complexity index is 1420. The molecule has 1 fully saturated rings. The van der Waals surface area contributed by atoms with Gasteiger partial charge in [-0.2, -0.15) is 0 Å². The Hall–Kier alpha value is -3.79. The molecule has 0 unspecified atom stereocenters. The lowest BCUT2D eigenvalue weighted by Gasteiger charge is -2.49. The van der Waals surface area contributed by atoms with E-state index in [0.717, 1.165) is 24.9 Å². The Kier molecular flexibility index (Phi) is 3.76. The lowest BCUT2D eigenvalue weighted by Crippen LogP contribution is -2.66. The van der Waals surface area contributed by atoms with Crippen LogP contribution in [0.25, 0.3) is 10.8 Å². The molecule has 0 spiro atoms. The van der Waals surface area contributed by atoms with E-state index in [1.165, 1.54) is 34.0 Å². The fourth-order valence-corrected chi connectivity index (χ4v) is 6.74. The van der Waals surface area contributed by atoms with E-state index in [1.54, 1.807) is 0 Å². The highest BCUT2D eigenvalue weighted by Crippen LogP contribution is 2.66. The standard InChI is InChI=1S/C29H25N3O/c33-27(21-11-2-1-3-12-21)31-32-25-17-16-20-10-4-5-13-22(20)26(25)28-18-8-9-19-29(28,32)30-24-15-7-6-14-23(24)28/h1-7,10-17,30H,8-9,18-19H2,(H,31,33)/t28-,29+/m0/s1. The van der Waals surface area contributed by atoms with Gasteiger partial charge in [0.2, 0.25) is 0 Å². The zero-order chi connectivity index (χ0) is 22.0. The maximum absolute atomic E-state index is 13.4. The third-order valence-corrected chi connectivity index (χ3v) is 7.98. The Balaban J connectivity index is 1.51. The number of carbonyl (C=O) groups excluding carboxylic acids is 1. The molecular weight excluding hydrogens is 406 g/mol. The number of nitrogens with zero attached hydrogens (tertiary/aromatic N) is 1. The second kappa shape index (κ2) is 6.61. The Morgan fingerprint density at radius 2 is 1.58 bits per heavy atom. The fourth-order valence-electron chi connectivity index (χ4n) is 6.74. The minimum absolute atomic E-state index is 0.0804. The molecule has 4 nitrogen and oxygen atoms in total. The van der Waals surface area contributed by atoms with Crippen LogP contribution in [0.5, 0.6) is 0 Å². The van der Waals surface area contributed by atoms with Crippen LogP contribution in [0.15, 0.2) is 91.0 Å². The molecule has 2 aliphatic heterocycles. The molecule has 0 saturated heterocycles. The van der Waals surface area contributed by atoms with Crippen molar-refractivity contribution in [2.24, 2.45) is 0 Å². The van der Waals surface area contributed by atoms with Crippen molar-refractivity contribution >= 4 is 28.1 Å². The normalized spacial score (nSPS) is 24.4. The first-order valence-corrected chi connectivity index (χ1v) is 11.8. The Labute approximate surface area is 193 Å². The molecule has 0 bridgehead atoms. The summed E-state index contributed by atoms with van der Waals surface area (Å²) in [6, 6.07) is 31.3. The van der Waals surface area contributed by atoms with E-state index in [9.17, 15) is 4.79 Å². The quantitative estimate of drug-likeness (QED) is 0.410. The number of rotatable bonds is 2. The molecular formula is C29H25N3O. The molecule has 4 aromatic rings. The largest absolute Gasteiger partial charge is 0.360 e. The third-order valence-electron chi connectivity index (χ3n) is 7.98. The number of fused-ring (bicyclic) bond motifs is 4. The van der Waals surface area contributed by atoms with Gasteiger partial charge in [0, 0.05) is 16.8 Å². The van der Waals surface area contributed by atoms with Crippen LogP contribution in [-0.4, -0.2) is 11.6 Å². The average Bonchev–Trinajstić information content (AvgIpc) is 3.31. The van der Waals surface area contributed by atoms with Gasteiger partial charge in [0.1, 0.15) is 5.66 Å². The highest BCUT2D eigenvalue weighted by molar-refractivity contribution is 6.00. The fraction of sp³-hybridized carbons (Fsp3) is 0.207. The van der Waals surface area contributed by atoms with Gasteiger partial charge in [-0.1, -0.05) is 73.2 Å². The summed E-state index contributed by atoms with van der Waals surface area (Å²) in [6.07, 6.45) is 4.29. The van der Waals surface area contributed by atoms with Crippen molar-refractivity contribution in [3.8, 4) is 0 Å². The number of nitrogens with one attached hydrogen (secondary N) is 2. The number of hydrogen-bond donors (Lipinski definition) is 2. The highest BCUT2D eigenvalue weighted by atomic mass is 16.2. The molecule has 2 atom stereocenters. The van der Waals surface area contributed by atoms with E-state index < -0.39 is 5.66 Å². The van der Waals surface area contributed by atoms with Gasteiger partial charge in [-0.25, -0.2) is 0 Å². The van der Waals surface area contributed by atoms with Crippen LogP contribution in [0.2, 0.25) is 0 Å². The van der Waals surface area contributed by atoms with Crippen molar-refractivity contribution in [2.45, 2.75) is 36.8 Å². The molecule has 2 heterocycles. The van der Waals surface area contributed by atoms with Gasteiger partial charge in [-0.05, 0) is 59.9 Å². The Morgan fingerprint density at radius 1 is 0.818 bits per heavy atom. The number of benzene rings is 4. The van der Waals surface area contributed by atoms with Gasteiger partial charge in [0.25, 0.3) is 5.91 Å². The first-order chi connectivity index (χ1) is 16.2. The molecule has 4 heteroatoms. The van der Waals surface area contributed by atoms with Crippen molar-refractivity contribution in [1.29, 1.82) is 0 Å². The Morgan fingerprint density at radius 3 is 2.48 bits per heavy atom. The van der Waals surface area contributed by atoms with Gasteiger partial charge >= 0.3 is 0 Å². The monoisotopic (exact) mass is 431 g/mol. The van der Waals surface area contributed by atoms with Crippen molar-refractivity contribution in [1.82, 2.24) is 5.43 Å².